The quantitative estimate of drug-likeness (QED) is 0.828. The van der Waals surface area contributed by atoms with Crippen LogP contribution in [0, 0.1) is 6.92 Å². The molecule has 0 saturated heterocycles. The topological polar surface area (TPSA) is 64.7 Å². The van der Waals surface area contributed by atoms with Gasteiger partial charge in [-0.1, -0.05) is 11.8 Å². The molecule has 7 heteroatoms. The van der Waals surface area contributed by atoms with Crippen LogP contribution in [0.5, 0.6) is 0 Å². The number of aryl methyl sites for hydroxylation is 1. The Bertz CT molecular complexity index is 619. The Balaban J connectivity index is 1.87. The van der Waals surface area contributed by atoms with Gasteiger partial charge in [-0.05, 0) is 20.1 Å². The van der Waals surface area contributed by atoms with E-state index in [-0.39, 0.29) is 11.9 Å². The van der Waals surface area contributed by atoms with Crippen LogP contribution in [0.1, 0.15) is 30.9 Å². The zero-order valence-corrected chi connectivity index (χ0v) is 13.6. The highest BCUT2D eigenvalue weighted by Gasteiger charge is 2.13. The van der Waals surface area contributed by atoms with Gasteiger partial charge in [0, 0.05) is 31.9 Å². The number of amides is 1. The molecule has 114 valence electrons. The summed E-state index contributed by atoms with van der Waals surface area (Å²) in [4.78, 5) is 20.5. The van der Waals surface area contributed by atoms with Gasteiger partial charge in [0.1, 0.15) is 5.82 Å². The lowest BCUT2D eigenvalue weighted by atomic mass is 10.2. The Morgan fingerprint density at radius 2 is 2.24 bits per heavy atom. The molecule has 2 aromatic heterocycles. The summed E-state index contributed by atoms with van der Waals surface area (Å²) in [5.74, 6) is 0.953. The largest absolute Gasteiger partial charge is 0.350 e. The van der Waals surface area contributed by atoms with Crippen molar-refractivity contribution < 1.29 is 4.79 Å². The summed E-state index contributed by atoms with van der Waals surface area (Å²) in [6.07, 6.45) is 7.88. The van der Waals surface area contributed by atoms with Crippen LogP contribution in [-0.4, -0.2) is 31.3 Å². The number of hydrogen-bond donors (Lipinski definition) is 1. The number of carbonyl (C=O) groups excluding carboxylic acids is 1. The highest BCUT2D eigenvalue weighted by atomic mass is 32.2. The summed E-state index contributed by atoms with van der Waals surface area (Å²) in [6.45, 7) is 4.46. The van der Waals surface area contributed by atoms with E-state index in [1.807, 2.05) is 42.5 Å². The van der Waals surface area contributed by atoms with Crippen molar-refractivity contribution >= 4 is 17.7 Å². The maximum atomic E-state index is 12.0. The van der Waals surface area contributed by atoms with Gasteiger partial charge in [0.15, 0.2) is 5.16 Å². The van der Waals surface area contributed by atoms with Gasteiger partial charge in [0.2, 0.25) is 5.91 Å². The third-order valence-corrected chi connectivity index (χ3v) is 4.25. The molecule has 0 spiro atoms. The van der Waals surface area contributed by atoms with E-state index in [2.05, 4.69) is 15.3 Å². The lowest BCUT2D eigenvalue weighted by Gasteiger charge is -2.15. The van der Waals surface area contributed by atoms with Crippen molar-refractivity contribution in [2.45, 2.75) is 38.0 Å². The number of nitrogens with one attached hydrogen (secondary N) is 1. The fourth-order valence-electron chi connectivity index (χ4n) is 2.26. The van der Waals surface area contributed by atoms with Crippen LogP contribution >= 0.6 is 11.8 Å². The van der Waals surface area contributed by atoms with E-state index in [1.54, 1.807) is 24.2 Å². The van der Waals surface area contributed by atoms with Crippen LogP contribution in [0.4, 0.5) is 0 Å². The smallest absolute Gasteiger partial charge is 0.222 e. The van der Waals surface area contributed by atoms with Crippen molar-refractivity contribution in [1.82, 2.24) is 24.4 Å². The second-order valence-corrected chi connectivity index (χ2v) is 5.78. The van der Waals surface area contributed by atoms with Gasteiger partial charge in [-0.3, -0.25) is 4.79 Å². The van der Waals surface area contributed by atoms with Crippen LogP contribution in [0.3, 0.4) is 0 Å². The van der Waals surface area contributed by atoms with Crippen molar-refractivity contribution in [2.75, 3.05) is 6.26 Å². The fourth-order valence-corrected chi connectivity index (χ4v) is 2.81. The summed E-state index contributed by atoms with van der Waals surface area (Å²) >= 11 is 1.59. The molecule has 2 heterocycles. The summed E-state index contributed by atoms with van der Waals surface area (Å²) in [5.41, 5.74) is 0.999. The molecule has 0 aliphatic carbocycles. The van der Waals surface area contributed by atoms with E-state index in [9.17, 15) is 4.79 Å². The number of thioether (sulfide) groups is 1. The predicted octanol–water partition coefficient (Wildman–Crippen LogP) is 1.91. The average molecular weight is 307 g/mol. The molecule has 2 aromatic rings. The van der Waals surface area contributed by atoms with Gasteiger partial charge in [-0.2, -0.15) is 0 Å². The number of rotatable bonds is 6. The third-order valence-electron chi connectivity index (χ3n) is 3.51. The van der Waals surface area contributed by atoms with Gasteiger partial charge in [-0.15, -0.1) is 0 Å². The van der Waals surface area contributed by atoms with Crippen molar-refractivity contribution in [2.24, 2.45) is 7.05 Å². The first kappa shape index (κ1) is 15.6. The van der Waals surface area contributed by atoms with Crippen molar-refractivity contribution in [1.29, 1.82) is 0 Å². The minimum absolute atomic E-state index is 0.0301. The van der Waals surface area contributed by atoms with Gasteiger partial charge >= 0.3 is 0 Å². The van der Waals surface area contributed by atoms with E-state index in [0.717, 1.165) is 16.7 Å². The minimum Gasteiger partial charge on any atom is -0.350 e. The van der Waals surface area contributed by atoms with Gasteiger partial charge < -0.3 is 14.5 Å². The second-order valence-electron chi connectivity index (χ2n) is 5.01. The van der Waals surface area contributed by atoms with Crippen LogP contribution in [0.25, 0.3) is 0 Å². The lowest BCUT2D eigenvalue weighted by Crippen LogP contribution is -2.26. The van der Waals surface area contributed by atoms with Gasteiger partial charge in [0.05, 0.1) is 18.4 Å². The molecule has 1 amide bonds. The average Bonchev–Trinajstić information content (AvgIpc) is 3.02. The van der Waals surface area contributed by atoms with Crippen LogP contribution in [-0.2, 0) is 18.4 Å². The van der Waals surface area contributed by atoms with E-state index in [4.69, 9.17) is 0 Å². The molecule has 0 aliphatic heterocycles. The van der Waals surface area contributed by atoms with Crippen LogP contribution < -0.4 is 5.32 Å². The molecule has 0 saturated carbocycles. The first-order chi connectivity index (χ1) is 10.0. The first-order valence-electron chi connectivity index (χ1n) is 6.83. The molecular weight excluding hydrogens is 286 g/mol. The van der Waals surface area contributed by atoms with Crippen molar-refractivity contribution in [3.63, 3.8) is 0 Å². The van der Waals surface area contributed by atoms with Gasteiger partial charge in [0.25, 0.3) is 0 Å². The number of carbonyl (C=O) groups is 1. The third kappa shape index (κ3) is 3.66. The lowest BCUT2D eigenvalue weighted by molar-refractivity contribution is -0.121. The standard InChI is InChI=1S/C14H21N5OS/c1-10(19-6-5-15-11(19)2)7-13(20)16-8-12-9-17-14(21-4)18(12)3/h5-6,9-10H,7-8H2,1-4H3,(H,16,20)/t10-/m1/s1. The Kier molecular flexibility index (Phi) is 5.06. The summed E-state index contributed by atoms with van der Waals surface area (Å²) in [5, 5.41) is 3.89. The number of imidazole rings is 2. The molecule has 21 heavy (non-hydrogen) atoms. The SMILES string of the molecule is CSc1ncc(CNC(=O)C[C@@H](C)n2ccnc2C)n1C. The predicted molar refractivity (Wildman–Crippen MR) is 83.1 cm³/mol. The summed E-state index contributed by atoms with van der Waals surface area (Å²) in [7, 11) is 1.96. The maximum Gasteiger partial charge on any atom is 0.222 e. The fraction of sp³-hybridized carbons (Fsp3) is 0.500. The Hall–Kier alpha value is -1.76. The van der Waals surface area contributed by atoms with Crippen molar-refractivity contribution in [3.05, 3.63) is 30.1 Å². The molecule has 0 unspecified atom stereocenters. The van der Waals surface area contributed by atoms with E-state index >= 15 is 0 Å². The highest BCUT2D eigenvalue weighted by molar-refractivity contribution is 7.98. The van der Waals surface area contributed by atoms with Crippen LogP contribution in [0.15, 0.2) is 23.7 Å². The van der Waals surface area contributed by atoms with Gasteiger partial charge in [-0.25, -0.2) is 9.97 Å². The Morgan fingerprint density at radius 1 is 1.48 bits per heavy atom. The molecule has 0 aromatic carbocycles. The van der Waals surface area contributed by atoms with E-state index in [1.165, 1.54) is 0 Å². The minimum atomic E-state index is 0.0301. The van der Waals surface area contributed by atoms with E-state index in [0.29, 0.717) is 13.0 Å². The van der Waals surface area contributed by atoms with Crippen molar-refractivity contribution in [3.8, 4) is 0 Å². The zero-order valence-electron chi connectivity index (χ0n) is 12.8. The number of nitrogens with zero attached hydrogens (tertiary/aromatic N) is 4. The van der Waals surface area contributed by atoms with Crippen LogP contribution in [0.2, 0.25) is 0 Å². The summed E-state index contributed by atoms with van der Waals surface area (Å²) < 4.78 is 4.00. The molecule has 1 N–H and O–H groups in total. The molecule has 0 radical (unpaired) electrons. The number of hydrogen-bond acceptors (Lipinski definition) is 4. The Morgan fingerprint density at radius 3 is 2.81 bits per heavy atom. The highest BCUT2D eigenvalue weighted by Crippen LogP contribution is 2.14. The molecule has 0 fully saturated rings. The normalized spacial score (nSPS) is 12.4. The Labute approximate surface area is 129 Å². The summed E-state index contributed by atoms with van der Waals surface area (Å²) in [6, 6.07) is 0.0980. The van der Waals surface area contributed by atoms with E-state index < -0.39 is 0 Å². The zero-order chi connectivity index (χ0) is 15.4. The number of aromatic nitrogens is 4. The maximum absolute atomic E-state index is 12.0. The molecule has 1 atom stereocenters. The monoisotopic (exact) mass is 307 g/mol. The second kappa shape index (κ2) is 6.80. The molecular formula is C14H21N5OS. The molecule has 0 aliphatic rings. The molecule has 0 bridgehead atoms. The molecule has 6 nitrogen and oxygen atoms in total. The first-order valence-corrected chi connectivity index (χ1v) is 8.06. The molecule has 2 rings (SSSR count).